The van der Waals surface area contributed by atoms with E-state index in [0.717, 1.165) is 24.2 Å². The number of aryl methyl sites for hydroxylation is 1. The van der Waals surface area contributed by atoms with Crippen LogP contribution in [0.4, 0.5) is 0 Å². The van der Waals surface area contributed by atoms with E-state index in [-0.39, 0.29) is 5.56 Å². The van der Waals surface area contributed by atoms with Crippen LogP contribution in [-0.2, 0) is 6.54 Å². The van der Waals surface area contributed by atoms with Crippen molar-refractivity contribution in [3.63, 3.8) is 0 Å². The second-order valence-electron chi connectivity index (χ2n) is 4.62. The predicted molar refractivity (Wildman–Crippen MR) is 64.5 cm³/mol. The monoisotopic (exact) mass is 219 g/mol. The summed E-state index contributed by atoms with van der Waals surface area (Å²) in [7, 11) is 0. The Kier molecular flexibility index (Phi) is 2.81. The lowest BCUT2D eigenvalue weighted by molar-refractivity contribution is 0.503. The van der Waals surface area contributed by atoms with Crippen molar-refractivity contribution in [1.29, 1.82) is 0 Å². The van der Waals surface area contributed by atoms with Gasteiger partial charge in [-0.25, -0.2) is 0 Å². The number of nitrogens with zero attached hydrogens (tertiary/aromatic N) is 2. The van der Waals surface area contributed by atoms with Gasteiger partial charge in [-0.1, -0.05) is 13.8 Å². The Morgan fingerprint density at radius 1 is 1.50 bits per heavy atom. The molecule has 4 nitrogen and oxygen atoms in total. The number of pyridine rings is 1. The van der Waals surface area contributed by atoms with Crippen molar-refractivity contribution in [2.45, 2.75) is 33.7 Å². The zero-order chi connectivity index (χ0) is 11.7. The van der Waals surface area contributed by atoms with Crippen LogP contribution >= 0.6 is 0 Å². The van der Waals surface area contributed by atoms with Gasteiger partial charge in [0.15, 0.2) is 0 Å². The highest BCUT2D eigenvalue weighted by atomic mass is 16.1. The topological polar surface area (TPSA) is 50.7 Å². The summed E-state index contributed by atoms with van der Waals surface area (Å²) in [5, 5.41) is 7.41. The average molecular weight is 219 g/mol. The lowest BCUT2D eigenvalue weighted by atomic mass is 10.1. The number of H-pyrrole nitrogens is 1. The third-order valence-corrected chi connectivity index (χ3v) is 2.85. The Morgan fingerprint density at radius 3 is 2.94 bits per heavy atom. The molecule has 4 heteroatoms. The average Bonchev–Trinajstić information content (AvgIpc) is 2.64. The zero-order valence-electron chi connectivity index (χ0n) is 9.95. The van der Waals surface area contributed by atoms with Crippen molar-refractivity contribution in [2.75, 3.05) is 0 Å². The van der Waals surface area contributed by atoms with E-state index in [0.29, 0.717) is 11.3 Å². The molecule has 0 bridgehead atoms. The van der Waals surface area contributed by atoms with Crippen molar-refractivity contribution in [3.05, 3.63) is 28.3 Å². The molecule has 2 rings (SSSR count). The number of hydrogen-bond donors (Lipinski definition) is 1. The Balaban J connectivity index is 2.47. The van der Waals surface area contributed by atoms with Crippen LogP contribution in [0.3, 0.4) is 0 Å². The molecule has 0 aromatic carbocycles. The van der Waals surface area contributed by atoms with Crippen molar-refractivity contribution in [3.8, 4) is 0 Å². The molecule has 1 N–H and O–H groups in total. The van der Waals surface area contributed by atoms with Gasteiger partial charge < -0.3 is 4.57 Å². The van der Waals surface area contributed by atoms with Crippen LogP contribution in [0.15, 0.2) is 17.1 Å². The molecule has 0 radical (unpaired) electrons. The molecule has 0 spiro atoms. The van der Waals surface area contributed by atoms with Crippen molar-refractivity contribution >= 4 is 10.9 Å². The van der Waals surface area contributed by atoms with Gasteiger partial charge in [0, 0.05) is 12.2 Å². The second kappa shape index (κ2) is 4.12. The molecule has 16 heavy (non-hydrogen) atoms. The van der Waals surface area contributed by atoms with Gasteiger partial charge in [-0.2, -0.15) is 5.10 Å². The summed E-state index contributed by atoms with van der Waals surface area (Å²) < 4.78 is 1.83. The maximum absolute atomic E-state index is 12.1. The Bertz CT molecular complexity index is 551. The van der Waals surface area contributed by atoms with Crippen LogP contribution < -0.4 is 5.56 Å². The molecular weight excluding hydrogens is 202 g/mol. The SMILES string of the molecule is Cc1cc2[nH]ncc2c(=O)n1CCC(C)C. The predicted octanol–water partition coefficient (Wildman–Crippen LogP) is 2.08. The van der Waals surface area contributed by atoms with Gasteiger partial charge >= 0.3 is 0 Å². The van der Waals surface area contributed by atoms with E-state index in [1.54, 1.807) is 6.20 Å². The minimum Gasteiger partial charge on any atom is -0.312 e. The summed E-state index contributed by atoms with van der Waals surface area (Å²) in [6, 6.07) is 1.98. The molecule has 0 amide bonds. The van der Waals surface area contributed by atoms with Gasteiger partial charge in [0.2, 0.25) is 0 Å². The number of aromatic nitrogens is 3. The molecule has 0 unspecified atom stereocenters. The lowest BCUT2D eigenvalue weighted by Crippen LogP contribution is -2.22. The Morgan fingerprint density at radius 2 is 2.25 bits per heavy atom. The van der Waals surface area contributed by atoms with Gasteiger partial charge in [-0.05, 0) is 25.3 Å². The smallest absolute Gasteiger partial charge is 0.261 e. The molecule has 0 saturated heterocycles. The largest absolute Gasteiger partial charge is 0.312 e. The summed E-state index contributed by atoms with van der Waals surface area (Å²) in [5.41, 5.74) is 1.87. The molecule has 0 fully saturated rings. The molecule has 0 aliphatic heterocycles. The highest BCUT2D eigenvalue weighted by Crippen LogP contribution is 2.09. The number of aromatic amines is 1. The highest BCUT2D eigenvalue weighted by Gasteiger charge is 2.08. The summed E-state index contributed by atoms with van der Waals surface area (Å²) in [6.07, 6.45) is 2.62. The maximum Gasteiger partial charge on any atom is 0.261 e. The van der Waals surface area contributed by atoms with Crippen LogP contribution in [0, 0.1) is 12.8 Å². The van der Waals surface area contributed by atoms with Gasteiger partial charge in [-0.3, -0.25) is 9.89 Å². The first-order valence-corrected chi connectivity index (χ1v) is 5.63. The van der Waals surface area contributed by atoms with Crippen LogP contribution in [0.5, 0.6) is 0 Å². The van der Waals surface area contributed by atoms with Gasteiger partial charge in [0.05, 0.1) is 17.1 Å². The molecule has 0 aliphatic carbocycles. The number of fused-ring (bicyclic) bond motifs is 1. The molecule has 0 atom stereocenters. The Labute approximate surface area is 94.3 Å². The molecule has 86 valence electrons. The standard InChI is InChI=1S/C12H17N3O/c1-8(2)4-5-15-9(3)6-11-10(12(15)16)7-13-14-11/h6-8H,4-5H2,1-3H3,(H,13,14). The molecular formula is C12H17N3O. The van der Waals surface area contributed by atoms with Gasteiger partial charge in [-0.15, -0.1) is 0 Å². The van der Waals surface area contributed by atoms with E-state index < -0.39 is 0 Å². The fourth-order valence-electron chi connectivity index (χ4n) is 1.83. The van der Waals surface area contributed by atoms with Crippen molar-refractivity contribution < 1.29 is 0 Å². The number of rotatable bonds is 3. The van der Waals surface area contributed by atoms with E-state index in [4.69, 9.17) is 0 Å². The quantitative estimate of drug-likeness (QED) is 0.859. The van der Waals surface area contributed by atoms with Crippen molar-refractivity contribution in [1.82, 2.24) is 14.8 Å². The third kappa shape index (κ3) is 1.87. The number of nitrogens with one attached hydrogen (secondary N) is 1. The second-order valence-corrected chi connectivity index (χ2v) is 4.62. The fourth-order valence-corrected chi connectivity index (χ4v) is 1.83. The van der Waals surface area contributed by atoms with E-state index >= 15 is 0 Å². The summed E-state index contributed by atoms with van der Waals surface area (Å²) in [6.45, 7) is 7.07. The van der Waals surface area contributed by atoms with Gasteiger partial charge in [0.1, 0.15) is 0 Å². The van der Waals surface area contributed by atoms with Crippen LogP contribution in [0.25, 0.3) is 10.9 Å². The first-order chi connectivity index (χ1) is 7.59. The van der Waals surface area contributed by atoms with Gasteiger partial charge in [0.25, 0.3) is 5.56 Å². The van der Waals surface area contributed by atoms with Crippen LogP contribution in [0.1, 0.15) is 26.0 Å². The molecule has 0 saturated carbocycles. The molecule has 0 aliphatic rings. The first kappa shape index (κ1) is 10.9. The van der Waals surface area contributed by atoms with E-state index in [1.807, 2.05) is 17.6 Å². The molecule has 2 aromatic heterocycles. The van der Waals surface area contributed by atoms with Crippen molar-refractivity contribution in [2.24, 2.45) is 5.92 Å². The summed E-state index contributed by atoms with van der Waals surface area (Å²) >= 11 is 0. The first-order valence-electron chi connectivity index (χ1n) is 5.63. The van der Waals surface area contributed by atoms with Crippen LogP contribution in [-0.4, -0.2) is 14.8 Å². The lowest BCUT2D eigenvalue weighted by Gasteiger charge is -2.11. The zero-order valence-corrected chi connectivity index (χ0v) is 9.95. The Hall–Kier alpha value is -1.58. The van der Waals surface area contributed by atoms with Crippen LogP contribution in [0.2, 0.25) is 0 Å². The highest BCUT2D eigenvalue weighted by molar-refractivity contribution is 5.76. The summed E-state index contributed by atoms with van der Waals surface area (Å²) in [4.78, 5) is 12.1. The fraction of sp³-hybridized carbons (Fsp3) is 0.500. The summed E-state index contributed by atoms with van der Waals surface area (Å²) in [5.74, 6) is 0.603. The molecule has 2 heterocycles. The minimum absolute atomic E-state index is 0.0596. The maximum atomic E-state index is 12.1. The minimum atomic E-state index is 0.0596. The normalized spacial score (nSPS) is 11.5. The van der Waals surface area contributed by atoms with E-state index in [2.05, 4.69) is 24.0 Å². The van der Waals surface area contributed by atoms with E-state index in [1.165, 1.54) is 0 Å². The molecule has 2 aromatic rings. The van der Waals surface area contributed by atoms with E-state index in [9.17, 15) is 4.79 Å². The third-order valence-electron chi connectivity index (χ3n) is 2.85. The number of hydrogen-bond acceptors (Lipinski definition) is 2.